The van der Waals surface area contributed by atoms with Crippen molar-refractivity contribution in [3.8, 4) is 0 Å². The van der Waals surface area contributed by atoms with Crippen molar-refractivity contribution in [2.24, 2.45) is 19.2 Å². The zero-order valence-corrected chi connectivity index (χ0v) is 15.6. The van der Waals surface area contributed by atoms with Crippen molar-refractivity contribution in [2.75, 3.05) is 5.43 Å². The summed E-state index contributed by atoms with van der Waals surface area (Å²) in [7, 11) is 2.96. The van der Waals surface area contributed by atoms with Gasteiger partial charge < -0.3 is 4.57 Å². The number of benzene rings is 1. The maximum absolute atomic E-state index is 12.6. The van der Waals surface area contributed by atoms with Gasteiger partial charge in [0.2, 0.25) is 5.95 Å². The van der Waals surface area contributed by atoms with Crippen LogP contribution in [0, 0.1) is 10.1 Å². The number of hydrogen-bond donors (Lipinski definition) is 1. The predicted octanol–water partition coefficient (Wildman–Crippen LogP) is 1.20. The van der Waals surface area contributed by atoms with Crippen molar-refractivity contribution in [3.63, 3.8) is 0 Å². The molecule has 146 valence electrons. The van der Waals surface area contributed by atoms with E-state index in [0.717, 1.165) is 11.0 Å². The molecule has 0 unspecified atom stereocenters. The summed E-state index contributed by atoms with van der Waals surface area (Å²) in [4.78, 5) is 39.4. The highest BCUT2D eigenvalue weighted by molar-refractivity contribution is 5.81. The molecule has 0 aliphatic rings. The van der Waals surface area contributed by atoms with Crippen molar-refractivity contribution in [2.45, 2.75) is 19.9 Å². The second-order valence-corrected chi connectivity index (χ2v) is 6.19. The van der Waals surface area contributed by atoms with Gasteiger partial charge in [0.05, 0.1) is 11.1 Å². The lowest BCUT2D eigenvalue weighted by Gasteiger charge is -2.07. The second kappa shape index (κ2) is 7.47. The minimum atomic E-state index is -0.484. The number of nitro benzene ring substituents is 1. The summed E-state index contributed by atoms with van der Waals surface area (Å²) in [6, 6.07) is 6.01. The van der Waals surface area contributed by atoms with E-state index in [4.69, 9.17) is 0 Å². The number of nitrogens with one attached hydrogen (secondary N) is 1. The quantitative estimate of drug-likeness (QED) is 0.385. The highest BCUT2D eigenvalue weighted by Gasteiger charge is 2.18. The van der Waals surface area contributed by atoms with Gasteiger partial charge in [-0.1, -0.05) is 19.1 Å². The van der Waals surface area contributed by atoms with Crippen molar-refractivity contribution < 1.29 is 4.92 Å². The molecule has 0 atom stereocenters. The van der Waals surface area contributed by atoms with Crippen LogP contribution in [0.15, 0.2) is 39.0 Å². The van der Waals surface area contributed by atoms with Crippen LogP contribution in [0.25, 0.3) is 11.2 Å². The molecule has 2 aromatic heterocycles. The Morgan fingerprint density at radius 2 is 2.04 bits per heavy atom. The highest BCUT2D eigenvalue weighted by atomic mass is 16.6. The summed E-state index contributed by atoms with van der Waals surface area (Å²) in [5, 5.41) is 14.9. The molecule has 1 aromatic carbocycles. The first-order valence-corrected chi connectivity index (χ1v) is 8.55. The number of imidazole rings is 1. The van der Waals surface area contributed by atoms with Crippen LogP contribution < -0.4 is 16.7 Å². The van der Waals surface area contributed by atoms with Gasteiger partial charge in [-0.25, -0.2) is 10.2 Å². The molecule has 0 bridgehead atoms. The average Bonchev–Trinajstić information content (AvgIpc) is 3.04. The standard InChI is InChI=1S/C17H19N7O4/c1-4-8-23-13-14(21(2)17(26)22(3)15(13)25)19-16(23)20-18-10-11-6-5-7-12(9-11)24(27)28/h5-7,9-10H,4,8H2,1-3H3,(H,19,20)/b18-10-. The van der Waals surface area contributed by atoms with E-state index >= 15 is 0 Å². The van der Waals surface area contributed by atoms with E-state index in [1.54, 1.807) is 23.7 Å². The second-order valence-electron chi connectivity index (χ2n) is 6.19. The molecule has 0 aliphatic carbocycles. The molecule has 0 saturated heterocycles. The Hall–Kier alpha value is -3.76. The van der Waals surface area contributed by atoms with E-state index in [0.29, 0.717) is 23.6 Å². The van der Waals surface area contributed by atoms with E-state index in [-0.39, 0.29) is 11.3 Å². The SMILES string of the molecule is CCCn1c(N/N=C\c2cccc([N+](=O)[O-])c2)nc2c1c(=O)n(C)c(=O)n2C. The number of hydrogen-bond acceptors (Lipinski definition) is 7. The average molecular weight is 385 g/mol. The summed E-state index contributed by atoms with van der Waals surface area (Å²) >= 11 is 0. The van der Waals surface area contributed by atoms with Crippen molar-refractivity contribution >= 4 is 29.0 Å². The molecule has 0 saturated carbocycles. The lowest BCUT2D eigenvalue weighted by molar-refractivity contribution is -0.384. The first-order valence-electron chi connectivity index (χ1n) is 8.55. The van der Waals surface area contributed by atoms with Gasteiger partial charge in [0.15, 0.2) is 11.2 Å². The molecule has 0 aliphatic heterocycles. The Kier molecular flexibility index (Phi) is 5.07. The lowest BCUT2D eigenvalue weighted by Crippen LogP contribution is -2.37. The summed E-state index contributed by atoms with van der Waals surface area (Å²) in [6.45, 7) is 2.45. The van der Waals surface area contributed by atoms with Crippen LogP contribution in [0.5, 0.6) is 0 Å². The van der Waals surface area contributed by atoms with E-state index < -0.39 is 16.2 Å². The molecule has 1 N–H and O–H groups in total. The maximum atomic E-state index is 12.6. The maximum Gasteiger partial charge on any atom is 0.332 e. The van der Waals surface area contributed by atoms with Gasteiger partial charge in [-0.3, -0.25) is 24.0 Å². The molecular formula is C17H19N7O4. The first kappa shape index (κ1) is 19.0. The molecular weight excluding hydrogens is 366 g/mol. The van der Waals surface area contributed by atoms with Crippen LogP contribution in [0.4, 0.5) is 11.6 Å². The minimum absolute atomic E-state index is 0.0410. The monoisotopic (exact) mass is 385 g/mol. The van der Waals surface area contributed by atoms with Crippen LogP contribution in [0.2, 0.25) is 0 Å². The summed E-state index contributed by atoms with van der Waals surface area (Å²) < 4.78 is 4.01. The molecule has 11 heteroatoms. The molecule has 3 rings (SSSR count). The number of aryl methyl sites for hydroxylation is 2. The summed E-state index contributed by atoms with van der Waals surface area (Å²) in [6.07, 6.45) is 2.15. The number of nitrogens with zero attached hydrogens (tertiary/aromatic N) is 6. The van der Waals surface area contributed by atoms with Gasteiger partial charge in [0.25, 0.3) is 11.2 Å². The Bertz CT molecular complexity index is 1200. The number of fused-ring (bicyclic) bond motifs is 1. The Labute approximate surface area is 158 Å². The fraction of sp³-hybridized carbons (Fsp3) is 0.294. The Morgan fingerprint density at radius 1 is 1.29 bits per heavy atom. The largest absolute Gasteiger partial charge is 0.332 e. The first-order chi connectivity index (χ1) is 13.3. The van der Waals surface area contributed by atoms with Gasteiger partial charge in [-0.15, -0.1) is 0 Å². The van der Waals surface area contributed by atoms with E-state index in [1.807, 2.05) is 6.92 Å². The third-order valence-electron chi connectivity index (χ3n) is 4.25. The van der Waals surface area contributed by atoms with Crippen LogP contribution >= 0.6 is 0 Å². The van der Waals surface area contributed by atoms with Crippen molar-refractivity contribution in [3.05, 3.63) is 60.8 Å². The third kappa shape index (κ3) is 3.29. The number of rotatable bonds is 6. The molecule has 11 nitrogen and oxygen atoms in total. The number of hydrazone groups is 1. The number of non-ortho nitro benzene ring substituents is 1. The third-order valence-corrected chi connectivity index (χ3v) is 4.25. The van der Waals surface area contributed by atoms with Crippen LogP contribution in [-0.4, -0.2) is 29.8 Å². The molecule has 3 aromatic rings. The van der Waals surface area contributed by atoms with E-state index in [9.17, 15) is 19.7 Å². The van der Waals surface area contributed by atoms with Crippen LogP contribution in [0.3, 0.4) is 0 Å². The minimum Gasteiger partial charge on any atom is -0.303 e. The zero-order chi connectivity index (χ0) is 20.4. The van der Waals surface area contributed by atoms with Gasteiger partial charge in [-0.2, -0.15) is 10.1 Å². The Balaban J connectivity index is 2.02. The molecule has 0 spiro atoms. The van der Waals surface area contributed by atoms with Crippen LogP contribution in [-0.2, 0) is 20.6 Å². The fourth-order valence-electron chi connectivity index (χ4n) is 2.86. The van der Waals surface area contributed by atoms with Crippen molar-refractivity contribution in [1.82, 2.24) is 18.7 Å². The predicted molar refractivity (Wildman–Crippen MR) is 105 cm³/mol. The molecule has 28 heavy (non-hydrogen) atoms. The Morgan fingerprint density at radius 3 is 2.71 bits per heavy atom. The summed E-state index contributed by atoms with van der Waals surface area (Å²) in [5.41, 5.74) is 2.92. The summed E-state index contributed by atoms with van der Waals surface area (Å²) in [5.74, 6) is 0.303. The number of nitro groups is 1. The molecule has 2 heterocycles. The van der Waals surface area contributed by atoms with Gasteiger partial charge >= 0.3 is 5.69 Å². The molecule has 0 fully saturated rings. The van der Waals surface area contributed by atoms with Gasteiger partial charge in [0.1, 0.15) is 0 Å². The van der Waals surface area contributed by atoms with E-state index in [1.165, 1.54) is 30.0 Å². The van der Waals surface area contributed by atoms with Crippen LogP contribution in [0.1, 0.15) is 18.9 Å². The topological polar surface area (TPSA) is 129 Å². The number of anilines is 1. The van der Waals surface area contributed by atoms with E-state index in [2.05, 4.69) is 15.5 Å². The zero-order valence-electron chi connectivity index (χ0n) is 15.6. The highest BCUT2D eigenvalue weighted by Crippen LogP contribution is 2.16. The van der Waals surface area contributed by atoms with Gasteiger partial charge in [0, 0.05) is 38.3 Å². The smallest absolute Gasteiger partial charge is 0.303 e. The van der Waals surface area contributed by atoms with Gasteiger partial charge in [-0.05, 0) is 6.42 Å². The lowest BCUT2D eigenvalue weighted by atomic mass is 10.2. The molecule has 0 amide bonds. The fourth-order valence-corrected chi connectivity index (χ4v) is 2.86. The normalized spacial score (nSPS) is 11.4. The van der Waals surface area contributed by atoms with Crippen molar-refractivity contribution in [1.29, 1.82) is 0 Å². The number of aromatic nitrogens is 4. The molecule has 0 radical (unpaired) electrons.